The average Bonchev–Trinajstić information content (AvgIpc) is 2.37. The Morgan fingerprint density at radius 1 is 1.50 bits per heavy atom. The van der Waals surface area contributed by atoms with Crippen LogP contribution in [0.15, 0.2) is 12.1 Å². The molecule has 1 aromatic heterocycles. The van der Waals surface area contributed by atoms with Crippen molar-refractivity contribution in [1.29, 1.82) is 0 Å². The maximum absolute atomic E-state index is 12.0. The number of aryl methyl sites for hydroxylation is 1. The minimum absolute atomic E-state index is 0.474. The van der Waals surface area contributed by atoms with E-state index in [1.54, 1.807) is 11.8 Å². The zero-order chi connectivity index (χ0) is 14.8. The molecule has 1 N–H and O–H groups in total. The molecule has 0 amide bonds. The van der Waals surface area contributed by atoms with Gasteiger partial charge in [0.25, 0.3) is 0 Å². The van der Waals surface area contributed by atoms with Gasteiger partial charge in [-0.15, -0.1) is 0 Å². The molecule has 0 spiro atoms. The van der Waals surface area contributed by atoms with E-state index in [9.17, 15) is 8.42 Å². The highest BCUT2D eigenvalue weighted by molar-refractivity contribution is 8.01. The molecule has 20 heavy (non-hydrogen) atoms. The van der Waals surface area contributed by atoms with Crippen LogP contribution in [-0.2, 0) is 16.4 Å². The number of rotatable bonds is 4. The van der Waals surface area contributed by atoms with Crippen LogP contribution in [0.4, 0.5) is 5.82 Å². The summed E-state index contributed by atoms with van der Waals surface area (Å²) in [6, 6.07) is 4.01. The Balaban J connectivity index is 2.37. The molecule has 112 valence electrons. The molecule has 2 rings (SSSR count). The molecule has 0 aromatic carbocycles. The van der Waals surface area contributed by atoms with Crippen molar-refractivity contribution < 1.29 is 8.42 Å². The summed E-state index contributed by atoms with van der Waals surface area (Å²) in [5, 5.41) is 2.64. The number of anilines is 1. The molecule has 1 saturated heterocycles. The summed E-state index contributed by atoms with van der Waals surface area (Å²) in [6.45, 7) is 3.41. The van der Waals surface area contributed by atoms with Crippen LogP contribution in [-0.4, -0.2) is 50.1 Å². The topological polar surface area (TPSA) is 62.3 Å². The first-order valence-electron chi connectivity index (χ1n) is 6.57. The summed E-state index contributed by atoms with van der Waals surface area (Å²) in [5.74, 6) is 2.31. The highest BCUT2D eigenvalue weighted by Gasteiger charge is 2.32. The molecular formula is C13H21N3O2S2. The number of nitrogens with one attached hydrogen (secondary N) is 1. The van der Waals surface area contributed by atoms with Crippen molar-refractivity contribution in [2.45, 2.75) is 18.8 Å². The van der Waals surface area contributed by atoms with Gasteiger partial charge in [0.2, 0.25) is 0 Å². The molecule has 1 aliphatic heterocycles. The molecule has 1 unspecified atom stereocenters. The lowest BCUT2D eigenvalue weighted by Gasteiger charge is -2.35. The highest BCUT2D eigenvalue weighted by atomic mass is 32.2. The van der Waals surface area contributed by atoms with Gasteiger partial charge in [0.05, 0.1) is 0 Å². The summed E-state index contributed by atoms with van der Waals surface area (Å²) < 4.78 is 23.9. The molecule has 0 radical (unpaired) electrons. The van der Waals surface area contributed by atoms with E-state index in [4.69, 9.17) is 0 Å². The monoisotopic (exact) mass is 315 g/mol. The number of pyridine rings is 1. The second-order valence-electron chi connectivity index (χ2n) is 5.06. The predicted molar refractivity (Wildman–Crippen MR) is 85.0 cm³/mol. The summed E-state index contributed by atoms with van der Waals surface area (Å²) >= 11 is 1.69. The van der Waals surface area contributed by atoms with Gasteiger partial charge in [0.1, 0.15) is 11.2 Å². The quantitative estimate of drug-likeness (QED) is 0.895. The SMILES string of the molecule is CNCc1cc(C)nc(N2CCSCC2S(C)(=O)=O)c1. The minimum atomic E-state index is -3.11. The highest BCUT2D eigenvalue weighted by Crippen LogP contribution is 2.26. The second kappa shape index (κ2) is 6.32. The average molecular weight is 315 g/mol. The van der Waals surface area contributed by atoms with E-state index in [-0.39, 0.29) is 0 Å². The molecule has 1 aliphatic rings. The third-order valence-corrected chi connectivity index (χ3v) is 5.90. The molecule has 7 heteroatoms. The maximum atomic E-state index is 12.0. The van der Waals surface area contributed by atoms with Crippen LogP contribution in [0.3, 0.4) is 0 Å². The van der Waals surface area contributed by atoms with Gasteiger partial charge in [-0.05, 0) is 31.7 Å². The van der Waals surface area contributed by atoms with Crippen LogP contribution in [0, 0.1) is 6.92 Å². The van der Waals surface area contributed by atoms with Crippen LogP contribution in [0.2, 0.25) is 0 Å². The van der Waals surface area contributed by atoms with E-state index < -0.39 is 15.2 Å². The van der Waals surface area contributed by atoms with Gasteiger partial charge in [-0.3, -0.25) is 0 Å². The lowest BCUT2D eigenvalue weighted by molar-refractivity contribution is 0.583. The maximum Gasteiger partial charge on any atom is 0.169 e. The molecule has 0 saturated carbocycles. The van der Waals surface area contributed by atoms with Crippen molar-refractivity contribution in [2.24, 2.45) is 0 Å². The fourth-order valence-corrected chi connectivity index (χ4v) is 5.20. The van der Waals surface area contributed by atoms with Gasteiger partial charge < -0.3 is 10.2 Å². The van der Waals surface area contributed by atoms with Crippen molar-refractivity contribution in [3.05, 3.63) is 23.4 Å². The lowest BCUT2D eigenvalue weighted by Crippen LogP contribution is -2.47. The molecule has 1 atom stereocenters. The zero-order valence-corrected chi connectivity index (χ0v) is 13.7. The molecule has 0 bridgehead atoms. The number of thioether (sulfide) groups is 1. The summed E-state index contributed by atoms with van der Waals surface area (Å²) in [5.41, 5.74) is 2.04. The van der Waals surface area contributed by atoms with Gasteiger partial charge in [-0.2, -0.15) is 11.8 Å². The number of nitrogens with zero attached hydrogens (tertiary/aromatic N) is 2. The molecule has 5 nitrogen and oxygen atoms in total. The fraction of sp³-hybridized carbons (Fsp3) is 0.615. The van der Waals surface area contributed by atoms with E-state index in [0.29, 0.717) is 5.75 Å². The zero-order valence-electron chi connectivity index (χ0n) is 12.1. The Bertz CT molecular complexity index is 575. The van der Waals surface area contributed by atoms with E-state index in [1.807, 2.05) is 31.0 Å². The van der Waals surface area contributed by atoms with Crippen LogP contribution in [0.5, 0.6) is 0 Å². The summed E-state index contributed by atoms with van der Waals surface area (Å²) in [6.07, 6.45) is 1.31. The Hall–Kier alpha value is -0.790. The number of hydrogen-bond donors (Lipinski definition) is 1. The summed E-state index contributed by atoms with van der Waals surface area (Å²) in [4.78, 5) is 6.46. The molecule has 1 fully saturated rings. The van der Waals surface area contributed by atoms with Crippen molar-refractivity contribution in [3.63, 3.8) is 0 Å². The standard InChI is InChI=1S/C13H21N3O2S2/c1-10-6-11(8-14-2)7-12(15-10)16-4-5-19-9-13(16)20(3,17)18/h6-7,13-14H,4-5,8-9H2,1-3H3. The largest absolute Gasteiger partial charge is 0.338 e. The Morgan fingerprint density at radius 2 is 2.25 bits per heavy atom. The van der Waals surface area contributed by atoms with Crippen LogP contribution >= 0.6 is 11.8 Å². The minimum Gasteiger partial charge on any atom is -0.338 e. The van der Waals surface area contributed by atoms with Crippen molar-refractivity contribution >= 4 is 27.4 Å². The first-order chi connectivity index (χ1) is 9.41. The Morgan fingerprint density at radius 3 is 2.90 bits per heavy atom. The first-order valence-corrected chi connectivity index (χ1v) is 9.68. The molecule has 0 aliphatic carbocycles. The van der Waals surface area contributed by atoms with E-state index in [1.165, 1.54) is 6.26 Å². The second-order valence-corrected chi connectivity index (χ2v) is 8.41. The smallest absolute Gasteiger partial charge is 0.169 e. The Labute approximate surface area is 125 Å². The van der Waals surface area contributed by atoms with Gasteiger partial charge in [-0.25, -0.2) is 13.4 Å². The van der Waals surface area contributed by atoms with Crippen LogP contribution < -0.4 is 10.2 Å². The van der Waals surface area contributed by atoms with Crippen LogP contribution in [0.1, 0.15) is 11.3 Å². The van der Waals surface area contributed by atoms with Gasteiger partial charge in [-0.1, -0.05) is 0 Å². The van der Waals surface area contributed by atoms with Crippen molar-refractivity contribution in [2.75, 3.05) is 36.3 Å². The first kappa shape index (κ1) is 15.6. The molecular weight excluding hydrogens is 294 g/mol. The molecule has 1 aromatic rings. The fourth-order valence-electron chi connectivity index (χ4n) is 2.37. The van der Waals surface area contributed by atoms with Crippen molar-refractivity contribution in [1.82, 2.24) is 10.3 Å². The number of sulfone groups is 1. The third kappa shape index (κ3) is 3.65. The van der Waals surface area contributed by atoms with Crippen LogP contribution in [0.25, 0.3) is 0 Å². The Kier molecular flexibility index (Phi) is 4.93. The molecule has 2 heterocycles. The van der Waals surface area contributed by atoms with Crippen molar-refractivity contribution in [3.8, 4) is 0 Å². The summed E-state index contributed by atoms with van der Waals surface area (Å²) in [7, 11) is -1.22. The van der Waals surface area contributed by atoms with E-state index in [0.717, 1.165) is 35.9 Å². The number of aromatic nitrogens is 1. The van der Waals surface area contributed by atoms with Gasteiger partial charge in [0, 0.05) is 36.5 Å². The predicted octanol–water partition coefficient (Wildman–Crippen LogP) is 1.03. The normalized spacial score (nSPS) is 20.1. The lowest BCUT2D eigenvalue weighted by atomic mass is 10.2. The van der Waals surface area contributed by atoms with Gasteiger partial charge >= 0.3 is 0 Å². The van der Waals surface area contributed by atoms with E-state index >= 15 is 0 Å². The number of hydrogen-bond acceptors (Lipinski definition) is 6. The van der Waals surface area contributed by atoms with Gasteiger partial charge in [0.15, 0.2) is 9.84 Å². The third-order valence-electron chi connectivity index (χ3n) is 3.25. The van der Waals surface area contributed by atoms with E-state index in [2.05, 4.69) is 10.3 Å².